The lowest BCUT2D eigenvalue weighted by Gasteiger charge is -2.13. The Labute approximate surface area is 115 Å². The molecule has 0 fully saturated rings. The van der Waals surface area contributed by atoms with E-state index in [1.807, 2.05) is 0 Å². The van der Waals surface area contributed by atoms with E-state index in [0.717, 1.165) is 10.5 Å². The fourth-order valence-corrected chi connectivity index (χ4v) is 1.76. The third-order valence-electron chi connectivity index (χ3n) is 2.87. The summed E-state index contributed by atoms with van der Waals surface area (Å²) in [6, 6.07) is 5.78. The van der Waals surface area contributed by atoms with E-state index in [0.29, 0.717) is 0 Å². The number of imide groups is 1. The first-order valence-corrected chi connectivity index (χ1v) is 6.11. The standard InChI is InChI=1S/C14H13FN2O3/c15-11-3-1-10(2-4-11)9-16-12(18)7-8-17-13(19)5-6-14(17)20/h1-6H,7-9H2,(H,16,18)/i15-1. The number of benzene rings is 1. The molecule has 1 aromatic rings. The second-order valence-corrected chi connectivity index (χ2v) is 4.31. The Morgan fingerprint density at radius 3 is 2.30 bits per heavy atom. The lowest BCUT2D eigenvalue weighted by atomic mass is 10.2. The highest BCUT2D eigenvalue weighted by Gasteiger charge is 2.23. The van der Waals surface area contributed by atoms with Gasteiger partial charge in [0.05, 0.1) is 0 Å². The van der Waals surface area contributed by atoms with Crippen LogP contribution in [0.2, 0.25) is 0 Å². The summed E-state index contributed by atoms with van der Waals surface area (Å²) in [6.07, 6.45) is 2.40. The van der Waals surface area contributed by atoms with Crippen LogP contribution in [0.15, 0.2) is 36.4 Å². The predicted molar refractivity (Wildman–Crippen MR) is 68.7 cm³/mol. The maximum absolute atomic E-state index is 12.7. The van der Waals surface area contributed by atoms with Crippen LogP contribution in [0.25, 0.3) is 0 Å². The molecule has 0 saturated heterocycles. The first-order valence-electron chi connectivity index (χ1n) is 6.11. The minimum absolute atomic E-state index is 0.0420. The molecular weight excluding hydrogens is 262 g/mol. The molecule has 2 rings (SSSR count). The summed E-state index contributed by atoms with van der Waals surface area (Å²) in [4.78, 5) is 35.1. The van der Waals surface area contributed by atoms with Crippen molar-refractivity contribution in [2.45, 2.75) is 13.0 Å². The van der Waals surface area contributed by atoms with Gasteiger partial charge < -0.3 is 5.32 Å². The zero-order chi connectivity index (χ0) is 14.5. The molecule has 0 aliphatic carbocycles. The van der Waals surface area contributed by atoms with Crippen LogP contribution >= 0.6 is 0 Å². The van der Waals surface area contributed by atoms with Gasteiger partial charge in [0.25, 0.3) is 11.8 Å². The first kappa shape index (κ1) is 13.9. The van der Waals surface area contributed by atoms with Crippen molar-refractivity contribution in [2.24, 2.45) is 0 Å². The highest BCUT2D eigenvalue weighted by Crippen LogP contribution is 2.05. The summed E-state index contributed by atoms with van der Waals surface area (Å²) in [5.41, 5.74) is 0.773. The van der Waals surface area contributed by atoms with Crippen molar-refractivity contribution in [1.82, 2.24) is 10.2 Å². The van der Waals surface area contributed by atoms with Gasteiger partial charge in [0.15, 0.2) is 0 Å². The quantitative estimate of drug-likeness (QED) is 0.807. The number of amides is 3. The lowest BCUT2D eigenvalue weighted by Crippen LogP contribution is -2.34. The van der Waals surface area contributed by atoms with Gasteiger partial charge in [-0.15, -0.1) is 0 Å². The Morgan fingerprint density at radius 1 is 1.10 bits per heavy atom. The molecule has 1 heterocycles. The molecule has 6 heteroatoms. The van der Waals surface area contributed by atoms with E-state index in [-0.39, 0.29) is 31.2 Å². The van der Waals surface area contributed by atoms with Crippen LogP contribution in [0.1, 0.15) is 12.0 Å². The average molecular weight is 275 g/mol. The van der Waals surface area contributed by atoms with Crippen LogP contribution in [-0.4, -0.2) is 29.2 Å². The van der Waals surface area contributed by atoms with Crippen molar-refractivity contribution in [2.75, 3.05) is 6.54 Å². The zero-order valence-electron chi connectivity index (χ0n) is 10.6. The van der Waals surface area contributed by atoms with Gasteiger partial charge in [0, 0.05) is 31.7 Å². The molecule has 0 bridgehead atoms. The minimum Gasteiger partial charge on any atom is -0.352 e. The topological polar surface area (TPSA) is 66.5 Å². The van der Waals surface area contributed by atoms with Crippen molar-refractivity contribution in [3.63, 3.8) is 0 Å². The molecule has 3 amide bonds. The van der Waals surface area contributed by atoms with Gasteiger partial charge in [0.1, 0.15) is 5.82 Å². The first-order chi connectivity index (χ1) is 9.56. The Hall–Kier alpha value is -2.50. The maximum atomic E-state index is 12.7. The Morgan fingerprint density at radius 2 is 1.70 bits per heavy atom. The molecule has 104 valence electrons. The van der Waals surface area contributed by atoms with E-state index < -0.39 is 11.8 Å². The van der Waals surface area contributed by atoms with Crippen molar-refractivity contribution < 1.29 is 18.8 Å². The fourth-order valence-electron chi connectivity index (χ4n) is 1.76. The summed E-state index contributed by atoms with van der Waals surface area (Å²) < 4.78 is 12.7. The van der Waals surface area contributed by atoms with Crippen molar-refractivity contribution in [1.29, 1.82) is 0 Å². The second-order valence-electron chi connectivity index (χ2n) is 4.31. The highest BCUT2D eigenvalue weighted by molar-refractivity contribution is 6.13. The van der Waals surface area contributed by atoms with Gasteiger partial charge in [-0.1, -0.05) is 12.1 Å². The largest absolute Gasteiger partial charge is 0.352 e. The number of carbonyl (C=O) groups excluding carboxylic acids is 3. The number of rotatable bonds is 5. The predicted octanol–water partition coefficient (Wildman–Crippen LogP) is 0.757. The van der Waals surface area contributed by atoms with Gasteiger partial charge in [-0.2, -0.15) is 0 Å². The molecule has 1 N–H and O–H groups in total. The summed E-state index contributed by atoms with van der Waals surface area (Å²) in [5.74, 6) is -1.41. The highest BCUT2D eigenvalue weighted by atomic mass is 18.2. The van der Waals surface area contributed by atoms with Gasteiger partial charge >= 0.3 is 0 Å². The summed E-state index contributed by atoms with van der Waals surface area (Å²) in [7, 11) is 0. The molecule has 0 spiro atoms. The Kier molecular flexibility index (Phi) is 4.24. The molecule has 0 radical (unpaired) electrons. The van der Waals surface area contributed by atoms with Crippen LogP contribution < -0.4 is 5.32 Å². The molecule has 20 heavy (non-hydrogen) atoms. The molecular formula is C14H13FN2O3. The van der Waals surface area contributed by atoms with Gasteiger partial charge in [0.2, 0.25) is 5.91 Å². The van der Waals surface area contributed by atoms with Gasteiger partial charge in [-0.25, -0.2) is 4.39 Å². The van der Waals surface area contributed by atoms with E-state index in [4.69, 9.17) is 0 Å². The summed E-state index contributed by atoms with van der Waals surface area (Å²) in [6.45, 7) is 0.333. The third kappa shape index (κ3) is 3.50. The number of halogens is 1. The van der Waals surface area contributed by atoms with Crippen molar-refractivity contribution >= 4 is 17.7 Å². The molecule has 1 aliphatic heterocycles. The molecule has 0 aromatic heterocycles. The summed E-state index contributed by atoms with van der Waals surface area (Å²) in [5, 5.41) is 2.64. The van der Waals surface area contributed by atoms with E-state index >= 15 is 0 Å². The van der Waals surface area contributed by atoms with Gasteiger partial charge in [-0.3, -0.25) is 19.3 Å². The van der Waals surface area contributed by atoms with Crippen LogP contribution in [0.3, 0.4) is 0 Å². The van der Waals surface area contributed by atoms with E-state index in [2.05, 4.69) is 5.32 Å². The number of hydrogen-bond acceptors (Lipinski definition) is 3. The molecule has 1 aliphatic rings. The van der Waals surface area contributed by atoms with Crippen LogP contribution in [-0.2, 0) is 20.9 Å². The van der Waals surface area contributed by atoms with E-state index in [1.165, 1.54) is 24.3 Å². The second kappa shape index (κ2) is 6.10. The minimum atomic E-state index is -0.402. The van der Waals surface area contributed by atoms with Crippen LogP contribution in [0, 0.1) is 5.82 Å². The van der Waals surface area contributed by atoms with Crippen LogP contribution in [0.5, 0.6) is 0 Å². The van der Waals surface area contributed by atoms with E-state index in [1.54, 1.807) is 12.1 Å². The summed E-state index contributed by atoms with van der Waals surface area (Å²) >= 11 is 0. The maximum Gasteiger partial charge on any atom is 0.253 e. The number of nitrogens with one attached hydrogen (secondary N) is 1. The average Bonchev–Trinajstić information content (AvgIpc) is 2.75. The zero-order valence-corrected chi connectivity index (χ0v) is 10.6. The van der Waals surface area contributed by atoms with E-state index in [9.17, 15) is 18.8 Å². The SMILES string of the molecule is O=C(CCN1C(=O)C=CC1=O)NCc1ccc([18F])cc1. The van der Waals surface area contributed by atoms with Gasteiger partial charge in [-0.05, 0) is 17.7 Å². The number of hydrogen-bond donors (Lipinski definition) is 1. The third-order valence-corrected chi connectivity index (χ3v) is 2.87. The number of nitrogens with zero attached hydrogens (tertiary/aromatic N) is 1. The molecule has 0 atom stereocenters. The Bertz CT molecular complexity index is 548. The Balaban J connectivity index is 1.74. The smallest absolute Gasteiger partial charge is 0.253 e. The molecule has 0 saturated carbocycles. The molecule has 0 unspecified atom stereocenters. The molecule has 1 aromatic carbocycles. The lowest BCUT2D eigenvalue weighted by molar-refractivity contribution is -0.137. The molecule has 5 nitrogen and oxygen atoms in total. The number of carbonyl (C=O) groups is 3. The van der Waals surface area contributed by atoms with Crippen LogP contribution in [0.4, 0.5) is 4.39 Å². The normalized spacial score (nSPS) is 13.9. The van der Waals surface area contributed by atoms with Crippen molar-refractivity contribution in [3.05, 3.63) is 47.8 Å². The fraction of sp³-hybridized carbons (Fsp3) is 0.214. The van der Waals surface area contributed by atoms with Crippen molar-refractivity contribution in [3.8, 4) is 0 Å². The monoisotopic (exact) mass is 275 g/mol.